The molecule has 4 heteroatoms. The molecular formula is C10H13NO3. The van der Waals surface area contributed by atoms with Gasteiger partial charge in [0.2, 0.25) is 0 Å². The second-order valence-corrected chi connectivity index (χ2v) is 3.48. The highest BCUT2D eigenvalue weighted by Gasteiger charge is 2.27. The summed E-state index contributed by atoms with van der Waals surface area (Å²) in [4.78, 5) is 11.4. The molecule has 0 fully saturated rings. The number of furan rings is 1. The maximum atomic E-state index is 11.4. The molecule has 0 spiro atoms. The fourth-order valence-electron chi connectivity index (χ4n) is 1.90. The molecule has 1 heterocycles. The lowest BCUT2D eigenvalue weighted by molar-refractivity contribution is 0.0598. The first-order chi connectivity index (χ1) is 6.74. The Morgan fingerprint density at radius 2 is 2.50 bits per heavy atom. The SMILES string of the molecule is COC(=O)c1coc2c1[C@H](N)CCC2. The highest BCUT2D eigenvalue weighted by atomic mass is 16.5. The summed E-state index contributed by atoms with van der Waals surface area (Å²) in [6, 6.07) is -0.0911. The first kappa shape index (κ1) is 9.27. The minimum Gasteiger partial charge on any atom is -0.468 e. The third-order valence-corrected chi connectivity index (χ3v) is 2.60. The summed E-state index contributed by atoms with van der Waals surface area (Å²) in [5.41, 5.74) is 7.23. The average molecular weight is 195 g/mol. The quantitative estimate of drug-likeness (QED) is 0.688. The molecule has 0 unspecified atom stereocenters. The Hall–Kier alpha value is -1.29. The van der Waals surface area contributed by atoms with Gasteiger partial charge in [-0.1, -0.05) is 0 Å². The van der Waals surface area contributed by atoms with Crippen LogP contribution in [0.4, 0.5) is 0 Å². The summed E-state index contributed by atoms with van der Waals surface area (Å²) in [7, 11) is 1.36. The van der Waals surface area contributed by atoms with Gasteiger partial charge in [0.25, 0.3) is 0 Å². The third kappa shape index (κ3) is 1.32. The van der Waals surface area contributed by atoms with Crippen molar-refractivity contribution in [3.8, 4) is 0 Å². The number of methoxy groups -OCH3 is 1. The van der Waals surface area contributed by atoms with E-state index >= 15 is 0 Å². The molecule has 0 amide bonds. The van der Waals surface area contributed by atoms with Gasteiger partial charge in [-0.3, -0.25) is 0 Å². The minimum absolute atomic E-state index is 0.0911. The zero-order valence-corrected chi connectivity index (χ0v) is 8.08. The van der Waals surface area contributed by atoms with Gasteiger partial charge >= 0.3 is 5.97 Å². The molecule has 1 atom stereocenters. The molecule has 4 nitrogen and oxygen atoms in total. The van der Waals surface area contributed by atoms with Crippen molar-refractivity contribution in [2.24, 2.45) is 5.73 Å². The second-order valence-electron chi connectivity index (χ2n) is 3.48. The number of hydrogen-bond donors (Lipinski definition) is 1. The number of carbonyl (C=O) groups excluding carboxylic acids is 1. The van der Waals surface area contributed by atoms with Crippen LogP contribution >= 0.6 is 0 Å². The Morgan fingerprint density at radius 1 is 1.71 bits per heavy atom. The largest absolute Gasteiger partial charge is 0.468 e. The summed E-state index contributed by atoms with van der Waals surface area (Å²) in [6.45, 7) is 0. The fourth-order valence-corrected chi connectivity index (χ4v) is 1.90. The molecule has 0 saturated carbocycles. The summed E-state index contributed by atoms with van der Waals surface area (Å²) in [6.07, 6.45) is 4.22. The van der Waals surface area contributed by atoms with Crippen LogP contribution in [-0.2, 0) is 11.2 Å². The van der Waals surface area contributed by atoms with E-state index in [4.69, 9.17) is 10.2 Å². The molecule has 2 rings (SSSR count). The van der Waals surface area contributed by atoms with Crippen LogP contribution in [0, 0.1) is 0 Å². The first-order valence-corrected chi connectivity index (χ1v) is 4.68. The van der Waals surface area contributed by atoms with E-state index in [0.29, 0.717) is 5.56 Å². The van der Waals surface area contributed by atoms with Crippen LogP contribution < -0.4 is 5.73 Å². The van der Waals surface area contributed by atoms with Crippen LogP contribution in [0.1, 0.15) is 40.6 Å². The van der Waals surface area contributed by atoms with E-state index in [2.05, 4.69) is 4.74 Å². The predicted octanol–water partition coefficient (Wildman–Crippen LogP) is 1.40. The van der Waals surface area contributed by atoms with Gasteiger partial charge in [-0.25, -0.2) is 4.79 Å². The summed E-state index contributed by atoms with van der Waals surface area (Å²) >= 11 is 0. The van der Waals surface area contributed by atoms with Crippen molar-refractivity contribution in [3.05, 3.63) is 23.2 Å². The van der Waals surface area contributed by atoms with Gasteiger partial charge in [-0.05, 0) is 12.8 Å². The van der Waals surface area contributed by atoms with Crippen LogP contribution in [0.2, 0.25) is 0 Å². The van der Waals surface area contributed by atoms with Crippen molar-refractivity contribution in [2.45, 2.75) is 25.3 Å². The van der Waals surface area contributed by atoms with Crippen molar-refractivity contribution in [2.75, 3.05) is 7.11 Å². The Kier molecular flexibility index (Phi) is 2.29. The maximum absolute atomic E-state index is 11.4. The molecular weight excluding hydrogens is 182 g/mol. The predicted molar refractivity (Wildman–Crippen MR) is 49.9 cm³/mol. The number of ether oxygens (including phenoxy) is 1. The number of carbonyl (C=O) groups is 1. The number of rotatable bonds is 1. The van der Waals surface area contributed by atoms with Gasteiger partial charge < -0.3 is 14.9 Å². The van der Waals surface area contributed by atoms with Crippen LogP contribution in [0.5, 0.6) is 0 Å². The van der Waals surface area contributed by atoms with Gasteiger partial charge in [0, 0.05) is 18.0 Å². The van der Waals surface area contributed by atoms with E-state index in [1.807, 2.05) is 0 Å². The Morgan fingerprint density at radius 3 is 3.21 bits per heavy atom. The highest BCUT2D eigenvalue weighted by Crippen LogP contribution is 2.32. The van der Waals surface area contributed by atoms with Crippen molar-refractivity contribution in [1.29, 1.82) is 0 Å². The van der Waals surface area contributed by atoms with Crippen molar-refractivity contribution < 1.29 is 13.9 Å². The molecule has 1 aliphatic rings. The van der Waals surface area contributed by atoms with Gasteiger partial charge in [-0.2, -0.15) is 0 Å². The number of aryl methyl sites for hydroxylation is 1. The Bertz CT molecular complexity index is 356. The Balaban J connectivity index is 2.43. The smallest absolute Gasteiger partial charge is 0.341 e. The molecule has 0 bridgehead atoms. The van der Waals surface area contributed by atoms with E-state index in [0.717, 1.165) is 30.6 Å². The van der Waals surface area contributed by atoms with E-state index in [1.165, 1.54) is 13.4 Å². The van der Waals surface area contributed by atoms with Gasteiger partial charge in [0.05, 0.1) is 7.11 Å². The Labute approximate surface area is 82.0 Å². The van der Waals surface area contributed by atoms with E-state index < -0.39 is 0 Å². The molecule has 2 N–H and O–H groups in total. The molecule has 14 heavy (non-hydrogen) atoms. The van der Waals surface area contributed by atoms with Crippen LogP contribution in [0.25, 0.3) is 0 Å². The lowest BCUT2D eigenvalue weighted by Crippen LogP contribution is -2.19. The normalized spacial score (nSPS) is 20.3. The van der Waals surface area contributed by atoms with E-state index in [9.17, 15) is 4.79 Å². The molecule has 76 valence electrons. The second kappa shape index (κ2) is 3.46. The monoisotopic (exact) mass is 195 g/mol. The third-order valence-electron chi connectivity index (χ3n) is 2.60. The molecule has 0 radical (unpaired) electrons. The van der Waals surface area contributed by atoms with Gasteiger partial charge in [0.1, 0.15) is 17.6 Å². The van der Waals surface area contributed by atoms with Crippen LogP contribution in [0.15, 0.2) is 10.7 Å². The zero-order chi connectivity index (χ0) is 10.1. The highest BCUT2D eigenvalue weighted by molar-refractivity contribution is 5.91. The topological polar surface area (TPSA) is 65.5 Å². The zero-order valence-electron chi connectivity index (χ0n) is 8.08. The van der Waals surface area contributed by atoms with Crippen LogP contribution in [-0.4, -0.2) is 13.1 Å². The van der Waals surface area contributed by atoms with Gasteiger partial charge in [0.15, 0.2) is 0 Å². The number of hydrogen-bond acceptors (Lipinski definition) is 4. The van der Waals surface area contributed by atoms with E-state index in [1.54, 1.807) is 0 Å². The molecule has 0 saturated heterocycles. The molecule has 1 aromatic rings. The number of fused-ring (bicyclic) bond motifs is 1. The van der Waals surface area contributed by atoms with E-state index in [-0.39, 0.29) is 12.0 Å². The summed E-state index contributed by atoms with van der Waals surface area (Å²) < 4.78 is 9.95. The number of esters is 1. The summed E-state index contributed by atoms with van der Waals surface area (Å²) in [5, 5.41) is 0. The van der Waals surface area contributed by atoms with Crippen molar-refractivity contribution in [3.63, 3.8) is 0 Å². The first-order valence-electron chi connectivity index (χ1n) is 4.68. The molecule has 0 aliphatic heterocycles. The molecule has 1 aromatic heterocycles. The molecule has 1 aliphatic carbocycles. The maximum Gasteiger partial charge on any atom is 0.341 e. The van der Waals surface area contributed by atoms with Crippen molar-refractivity contribution >= 4 is 5.97 Å². The number of nitrogens with two attached hydrogens (primary N) is 1. The summed E-state index contributed by atoms with van der Waals surface area (Å²) in [5.74, 6) is 0.469. The van der Waals surface area contributed by atoms with Crippen molar-refractivity contribution in [1.82, 2.24) is 0 Å². The van der Waals surface area contributed by atoms with Gasteiger partial charge in [-0.15, -0.1) is 0 Å². The lowest BCUT2D eigenvalue weighted by atomic mass is 9.91. The lowest BCUT2D eigenvalue weighted by Gasteiger charge is -2.17. The molecule has 0 aromatic carbocycles. The average Bonchev–Trinajstić information content (AvgIpc) is 2.62. The minimum atomic E-state index is -0.368. The fraction of sp³-hybridized carbons (Fsp3) is 0.500. The standard InChI is InChI=1S/C10H13NO3/c1-13-10(12)6-5-14-8-4-2-3-7(11)9(6)8/h5,7H,2-4,11H2,1H3/t7-/m1/s1. The van der Waals surface area contributed by atoms with Crippen LogP contribution in [0.3, 0.4) is 0 Å².